The Morgan fingerprint density at radius 3 is 2.08 bits per heavy atom. The number of aliphatic hydroxyl groups excluding tert-OH is 2. The zero-order chi connectivity index (χ0) is 17.9. The van der Waals surface area contributed by atoms with Gasteiger partial charge in [-0.2, -0.15) is 0 Å². The summed E-state index contributed by atoms with van der Waals surface area (Å²) < 4.78 is 11.3. The molecule has 0 aliphatic heterocycles. The maximum atomic E-state index is 9.15. The van der Waals surface area contributed by atoms with Crippen LogP contribution in [0.25, 0.3) is 0 Å². The lowest BCUT2D eigenvalue weighted by Crippen LogP contribution is -2.28. The molecule has 0 heterocycles. The molecule has 0 aromatic carbocycles. The molecule has 0 aliphatic rings. The highest BCUT2D eigenvalue weighted by atomic mass is 17.2. The van der Waals surface area contributed by atoms with Crippen LogP contribution in [-0.2, 0) is 19.2 Å². The standard InChI is InChI=1S/C18H38O6/c1-3-5-6-7-8-9-10-12-21-15-18(22-11-4-2)16-24-23-14-17(20)13-19/h17-20H,3-16H2,1-2H3. The van der Waals surface area contributed by atoms with E-state index in [0.717, 1.165) is 19.4 Å². The second-order valence-corrected chi connectivity index (χ2v) is 6.09. The van der Waals surface area contributed by atoms with Crippen molar-refractivity contribution in [3.63, 3.8) is 0 Å². The number of unbranched alkanes of at least 4 members (excludes halogenated alkanes) is 6. The Morgan fingerprint density at radius 1 is 0.750 bits per heavy atom. The second kappa shape index (κ2) is 19.1. The monoisotopic (exact) mass is 350 g/mol. The van der Waals surface area contributed by atoms with Crippen LogP contribution in [0.2, 0.25) is 0 Å². The highest BCUT2D eigenvalue weighted by Crippen LogP contribution is 2.07. The Labute approximate surface area is 147 Å². The molecule has 0 fully saturated rings. The van der Waals surface area contributed by atoms with E-state index in [-0.39, 0.29) is 25.9 Å². The summed E-state index contributed by atoms with van der Waals surface area (Å²) in [5.74, 6) is 0. The lowest BCUT2D eigenvalue weighted by atomic mass is 10.1. The minimum Gasteiger partial charge on any atom is -0.394 e. The van der Waals surface area contributed by atoms with Crippen molar-refractivity contribution in [2.24, 2.45) is 0 Å². The molecule has 0 radical (unpaired) electrons. The van der Waals surface area contributed by atoms with Crippen LogP contribution in [-0.4, -0.2) is 62.1 Å². The Morgan fingerprint density at radius 2 is 1.42 bits per heavy atom. The summed E-state index contributed by atoms with van der Waals surface area (Å²) in [6.07, 6.45) is 8.68. The normalized spacial score (nSPS) is 14.0. The van der Waals surface area contributed by atoms with Gasteiger partial charge in [-0.25, -0.2) is 9.78 Å². The highest BCUT2D eigenvalue weighted by molar-refractivity contribution is 4.55. The molecule has 0 aromatic heterocycles. The highest BCUT2D eigenvalue weighted by Gasteiger charge is 2.11. The van der Waals surface area contributed by atoms with Crippen LogP contribution in [0.4, 0.5) is 0 Å². The molecule has 2 unspecified atom stereocenters. The number of hydrogen-bond donors (Lipinski definition) is 2. The van der Waals surface area contributed by atoms with Crippen molar-refractivity contribution in [1.29, 1.82) is 0 Å². The molecule has 0 rings (SSSR count). The predicted octanol–water partition coefficient (Wildman–Crippen LogP) is 2.85. The van der Waals surface area contributed by atoms with Crippen LogP contribution in [0.15, 0.2) is 0 Å². The van der Waals surface area contributed by atoms with Gasteiger partial charge in [0, 0.05) is 13.2 Å². The van der Waals surface area contributed by atoms with Crippen molar-refractivity contribution in [2.45, 2.75) is 77.4 Å². The molecule has 0 saturated heterocycles. The third-order valence-corrected chi connectivity index (χ3v) is 3.56. The lowest BCUT2D eigenvalue weighted by molar-refractivity contribution is -0.319. The smallest absolute Gasteiger partial charge is 0.111 e. The fourth-order valence-electron chi connectivity index (χ4n) is 2.11. The van der Waals surface area contributed by atoms with E-state index in [1.54, 1.807) is 0 Å². The fraction of sp³-hybridized carbons (Fsp3) is 1.00. The Bertz CT molecular complexity index is 240. The summed E-state index contributed by atoms with van der Waals surface area (Å²) in [7, 11) is 0. The SMILES string of the molecule is CCCCCCCCCOCC(COOCC(O)CO)OCCC. The Hall–Kier alpha value is -0.240. The van der Waals surface area contributed by atoms with Crippen molar-refractivity contribution in [1.82, 2.24) is 0 Å². The molecule has 0 aliphatic carbocycles. The molecule has 2 N–H and O–H groups in total. The van der Waals surface area contributed by atoms with Gasteiger partial charge in [-0.1, -0.05) is 52.4 Å². The average molecular weight is 350 g/mol. The van der Waals surface area contributed by atoms with Crippen molar-refractivity contribution in [3.8, 4) is 0 Å². The molecule has 146 valence electrons. The summed E-state index contributed by atoms with van der Waals surface area (Å²) in [6.45, 7) is 5.98. The maximum Gasteiger partial charge on any atom is 0.111 e. The van der Waals surface area contributed by atoms with Gasteiger partial charge >= 0.3 is 0 Å². The maximum absolute atomic E-state index is 9.15. The fourth-order valence-corrected chi connectivity index (χ4v) is 2.11. The van der Waals surface area contributed by atoms with Crippen molar-refractivity contribution < 1.29 is 29.5 Å². The summed E-state index contributed by atoms with van der Waals surface area (Å²) in [5, 5.41) is 17.8. The molecular weight excluding hydrogens is 312 g/mol. The first kappa shape index (κ1) is 23.8. The number of aliphatic hydroxyl groups is 2. The minimum absolute atomic E-state index is 0.0596. The summed E-state index contributed by atoms with van der Waals surface area (Å²) >= 11 is 0. The molecular formula is C18H38O6. The first-order valence-corrected chi connectivity index (χ1v) is 9.47. The number of rotatable bonds is 19. The van der Waals surface area contributed by atoms with Crippen molar-refractivity contribution in [3.05, 3.63) is 0 Å². The van der Waals surface area contributed by atoms with E-state index < -0.39 is 6.10 Å². The van der Waals surface area contributed by atoms with E-state index in [1.165, 1.54) is 38.5 Å². The molecule has 0 spiro atoms. The van der Waals surface area contributed by atoms with Crippen molar-refractivity contribution in [2.75, 3.05) is 39.6 Å². The quantitative estimate of drug-likeness (QED) is 0.212. The molecule has 24 heavy (non-hydrogen) atoms. The molecule has 0 amide bonds. The van der Waals surface area contributed by atoms with E-state index >= 15 is 0 Å². The number of ether oxygens (including phenoxy) is 2. The average Bonchev–Trinajstić information content (AvgIpc) is 2.60. The van der Waals surface area contributed by atoms with Gasteiger partial charge in [0.1, 0.15) is 25.4 Å². The van der Waals surface area contributed by atoms with Gasteiger partial charge in [0.05, 0.1) is 13.2 Å². The van der Waals surface area contributed by atoms with Gasteiger partial charge in [-0.3, -0.25) is 0 Å². The summed E-state index contributed by atoms with van der Waals surface area (Å²) in [4.78, 5) is 9.87. The minimum atomic E-state index is -0.923. The van der Waals surface area contributed by atoms with Crippen molar-refractivity contribution >= 4 is 0 Å². The van der Waals surface area contributed by atoms with E-state index in [0.29, 0.717) is 13.2 Å². The summed E-state index contributed by atoms with van der Waals surface area (Å²) in [5.41, 5.74) is 0. The third-order valence-electron chi connectivity index (χ3n) is 3.56. The Kier molecular flexibility index (Phi) is 18.9. The van der Waals surface area contributed by atoms with Gasteiger partial charge in [0.2, 0.25) is 0 Å². The zero-order valence-corrected chi connectivity index (χ0v) is 15.6. The van der Waals surface area contributed by atoms with Crippen LogP contribution in [0.3, 0.4) is 0 Å². The van der Waals surface area contributed by atoms with Gasteiger partial charge in [-0.05, 0) is 12.8 Å². The first-order valence-electron chi connectivity index (χ1n) is 9.47. The van der Waals surface area contributed by atoms with Crippen LogP contribution in [0, 0.1) is 0 Å². The topological polar surface area (TPSA) is 77.4 Å². The third kappa shape index (κ3) is 16.6. The number of hydrogen-bond acceptors (Lipinski definition) is 6. The molecule has 0 saturated carbocycles. The lowest BCUT2D eigenvalue weighted by Gasteiger charge is -2.17. The predicted molar refractivity (Wildman–Crippen MR) is 93.8 cm³/mol. The summed E-state index contributed by atoms with van der Waals surface area (Å²) in [6, 6.07) is 0. The molecule has 6 nitrogen and oxygen atoms in total. The molecule has 2 atom stereocenters. The van der Waals surface area contributed by atoms with Crippen LogP contribution < -0.4 is 0 Å². The molecule has 0 bridgehead atoms. The second-order valence-electron chi connectivity index (χ2n) is 6.09. The van der Waals surface area contributed by atoms with Gasteiger partial charge < -0.3 is 19.7 Å². The van der Waals surface area contributed by atoms with E-state index in [1.807, 2.05) is 6.92 Å². The molecule has 6 heteroatoms. The molecule has 0 aromatic rings. The van der Waals surface area contributed by atoms with Crippen LogP contribution in [0.5, 0.6) is 0 Å². The van der Waals surface area contributed by atoms with E-state index in [2.05, 4.69) is 6.92 Å². The van der Waals surface area contributed by atoms with Gasteiger partial charge in [-0.15, -0.1) is 0 Å². The van der Waals surface area contributed by atoms with Crippen LogP contribution >= 0.6 is 0 Å². The van der Waals surface area contributed by atoms with Crippen LogP contribution in [0.1, 0.15) is 65.2 Å². The largest absolute Gasteiger partial charge is 0.394 e. The van der Waals surface area contributed by atoms with Gasteiger partial charge in [0.25, 0.3) is 0 Å². The Balaban J connectivity index is 3.60. The zero-order valence-electron chi connectivity index (χ0n) is 15.6. The van der Waals surface area contributed by atoms with E-state index in [9.17, 15) is 0 Å². The van der Waals surface area contributed by atoms with Gasteiger partial charge in [0.15, 0.2) is 0 Å². The first-order chi connectivity index (χ1) is 11.7. The van der Waals surface area contributed by atoms with E-state index in [4.69, 9.17) is 29.5 Å².